The van der Waals surface area contributed by atoms with Crippen molar-refractivity contribution in [2.75, 3.05) is 65.7 Å². The Hall–Kier alpha value is -1.22. The lowest BCUT2D eigenvalue weighted by Gasteiger charge is -2.23. The van der Waals surface area contributed by atoms with Crippen molar-refractivity contribution in [3.63, 3.8) is 0 Å². The Balaban J connectivity index is 4.26. The highest BCUT2D eigenvalue weighted by Gasteiger charge is 2.13. The fourth-order valence-electron chi connectivity index (χ4n) is 5.82. The smallest absolute Gasteiger partial charge is 0.307 e. The van der Waals surface area contributed by atoms with Gasteiger partial charge in [-0.25, -0.2) is 0 Å². The fraction of sp³-hybridized carbons (Fsp3) is 0.947. The lowest BCUT2D eigenvalue weighted by molar-refractivity contribution is -0.144. The highest BCUT2D eigenvalue weighted by atomic mass is 16.5. The lowest BCUT2D eigenvalue weighted by Crippen LogP contribution is -2.33. The summed E-state index contributed by atoms with van der Waals surface area (Å²) in [5.41, 5.74) is 0. The first-order chi connectivity index (χ1) is 22.6. The Labute approximate surface area is 284 Å². The number of hydrogen-bond acceptors (Lipinski definition) is 8. The van der Waals surface area contributed by atoms with Gasteiger partial charge in [-0.05, 0) is 38.8 Å². The van der Waals surface area contributed by atoms with Crippen LogP contribution in [0.4, 0.5) is 0 Å². The molecule has 2 N–H and O–H groups in total. The topological polar surface area (TPSA) is 99.5 Å². The average molecular weight is 657 g/mol. The van der Waals surface area contributed by atoms with E-state index in [4.69, 9.17) is 9.47 Å². The quantitative estimate of drug-likeness (QED) is 0.0512. The number of carbonyl (C=O) groups excluding carboxylic acids is 2. The second-order valence-corrected chi connectivity index (χ2v) is 13.1. The summed E-state index contributed by atoms with van der Waals surface area (Å²) in [4.78, 5) is 29.1. The zero-order valence-electron chi connectivity index (χ0n) is 30.5. The summed E-state index contributed by atoms with van der Waals surface area (Å²) in [5, 5.41) is 18.5. The van der Waals surface area contributed by atoms with Gasteiger partial charge in [0.25, 0.3) is 0 Å². The van der Waals surface area contributed by atoms with Crippen LogP contribution in [0.2, 0.25) is 0 Å². The molecule has 0 radical (unpaired) electrons. The number of carbonyl (C=O) groups is 2. The SMILES string of the molecule is CCCCCCCCCCCCOC(=O)CCN(CCCCN(CCO)CCO)CCC(=O)OCCCCCCCCCCCC. The van der Waals surface area contributed by atoms with E-state index in [2.05, 4.69) is 23.6 Å². The first-order valence-corrected chi connectivity index (χ1v) is 19.5. The maximum absolute atomic E-state index is 12.4. The highest BCUT2D eigenvalue weighted by Crippen LogP contribution is 2.12. The minimum atomic E-state index is -0.165. The van der Waals surface area contributed by atoms with Crippen molar-refractivity contribution >= 4 is 11.9 Å². The molecule has 0 heterocycles. The molecule has 0 rings (SSSR count). The number of nitrogens with zero attached hydrogens (tertiary/aromatic N) is 2. The van der Waals surface area contributed by atoms with Crippen LogP contribution in [0.1, 0.15) is 168 Å². The molecule has 0 aromatic rings. The molecule has 0 fully saturated rings. The first-order valence-electron chi connectivity index (χ1n) is 19.5. The Morgan fingerprint density at radius 3 is 1.04 bits per heavy atom. The third-order valence-corrected chi connectivity index (χ3v) is 8.82. The third-order valence-electron chi connectivity index (χ3n) is 8.82. The molecule has 0 amide bonds. The summed E-state index contributed by atoms with van der Waals surface area (Å²) in [6.07, 6.45) is 27.6. The summed E-state index contributed by atoms with van der Waals surface area (Å²) in [7, 11) is 0. The standard InChI is InChI=1S/C38H76N2O6/c1-3-5-7-9-11-13-15-17-19-23-35-45-37(43)25-29-39(27-21-22-28-40(31-33-41)32-34-42)30-26-38(44)46-36-24-20-18-16-14-12-10-8-6-4-2/h41-42H,3-36H2,1-2H3. The lowest BCUT2D eigenvalue weighted by atomic mass is 10.1. The zero-order valence-corrected chi connectivity index (χ0v) is 30.5. The molecule has 0 unspecified atom stereocenters. The van der Waals surface area contributed by atoms with Crippen LogP contribution < -0.4 is 0 Å². The molecule has 0 aliphatic carbocycles. The number of aliphatic hydroxyl groups excluding tert-OH is 2. The predicted octanol–water partition coefficient (Wildman–Crippen LogP) is 8.06. The van der Waals surface area contributed by atoms with Crippen molar-refractivity contribution in [1.29, 1.82) is 0 Å². The van der Waals surface area contributed by atoms with Crippen molar-refractivity contribution in [2.45, 2.75) is 168 Å². The molecule has 274 valence electrons. The van der Waals surface area contributed by atoms with Crippen molar-refractivity contribution in [2.24, 2.45) is 0 Å². The van der Waals surface area contributed by atoms with Crippen LogP contribution in [0.3, 0.4) is 0 Å². The Kier molecular flexibility index (Phi) is 35.6. The van der Waals surface area contributed by atoms with Crippen LogP contribution >= 0.6 is 0 Å². The van der Waals surface area contributed by atoms with E-state index >= 15 is 0 Å². The van der Waals surface area contributed by atoms with Gasteiger partial charge in [0, 0.05) is 26.2 Å². The van der Waals surface area contributed by atoms with Gasteiger partial charge in [-0.2, -0.15) is 0 Å². The Bertz CT molecular complexity index is 603. The molecule has 0 aromatic carbocycles. The van der Waals surface area contributed by atoms with E-state index in [0.717, 1.165) is 51.6 Å². The molecule has 8 heteroatoms. The first kappa shape index (κ1) is 44.8. The number of unbranched alkanes of at least 4 members (excludes halogenated alkanes) is 19. The van der Waals surface area contributed by atoms with Gasteiger partial charge in [-0.3, -0.25) is 14.5 Å². The number of esters is 2. The van der Waals surface area contributed by atoms with E-state index in [9.17, 15) is 19.8 Å². The van der Waals surface area contributed by atoms with Gasteiger partial charge < -0.3 is 24.6 Å². The molecule has 0 saturated heterocycles. The van der Waals surface area contributed by atoms with Gasteiger partial charge in [0.2, 0.25) is 0 Å². The van der Waals surface area contributed by atoms with E-state index in [1.54, 1.807) is 0 Å². The second kappa shape index (κ2) is 36.6. The predicted molar refractivity (Wildman–Crippen MR) is 191 cm³/mol. The van der Waals surface area contributed by atoms with E-state index in [-0.39, 0.29) is 25.2 Å². The molecule has 0 saturated carbocycles. The van der Waals surface area contributed by atoms with Gasteiger partial charge in [0.05, 0.1) is 39.3 Å². The van der Waals surface area contributed by atoms with Gasteiger partial charge in [0.15, 0.2) is 0 Å². The fourth-order valence-corrected chi connectivity index (χ4v) is 5.82. The summed E-state index contributed by atoms with van der Waals surface area (Å²) >= 11 is 0. The molecule has 0 spiro atoms. The Morgan fingerprint density at radius 1 is 0.413 bits per heavy atom. The van der Waals surface area contributed by atoms with E-state index < -0.39 is 0 Å². The summed E-state index contributed by atoms with van der Waals surface area (Å²) in [6, 6.07) is 0. The molecular weight excluding hydrogens is 580 g/mol. The molecular formula is C38H76N2O6. The number of hydrogen-bond donors (Lipinski definition) is 2. The highest BCUT2D eigenvalue weighted by molar-refractivity contribution is 5.70. The van der Waals surface area contributed by atoms with Crippen LogP contribution in [0.25, 0.3) is 0 Å². The zero-order chi connectivity index (χ0) is 33.8. The van der Waals surface area contributed by atoms with Crippen LogP contribution in [0, 0.1) is 0 Å². The molecule has 0 atom stereocenters. The summed E-state index contributed by atoms with van der Waals surface area (Å²) in [6.45, 7) is 9.47. The van der Waals surface area contributed by atoms with Crippen LogP contribution in [-0.2, 0) is 19.1 Å². The van der Waals surface area contributed by atoms with Gasteiger partial charge in [0.1, 0.15) is 0 Å². The number of rotatable bonds is 37. The van der Waals surface area contributed by atoms with Crippen molar-refractivity contribution in [3.8, 4) is 0 Å². The molecule has 8 nitrogen and oxygen atoms in total. The monoisotopic (exact) mass is 657 g/mol. The maximum Gasteiger partial charge on any atom is 0.307 e. The number of aliphatic hydroxyl groups is 2. The normalized spacial score (nSPS) is 11.5. The number of ether oxygens (including phenoxy) is 2. The van der Waals surface area contributed by atoms with Gasteiger partial charge >= 0.3 is 11.9 Å². The van der Waals surface area contributed by atoms with Crippen molar-refractivity contribution in [1.82, 2.24) is 9.80 Å². The van der Waals surface area contributed by atoms with Crippen LogP contribution in [0.15, 0.2) is 0 Å². The maximum atomic E-state index is 12.4. The van der Waals surface area contributed by atoms with E-state index in [1.165, 1.54) is 103 Å². The van der Waals surface area contributed by atoms with Gasteiger partial charge in [-0.1, -0.05) is 129 Å². The third kappa shape index (κ3) is 32.7. The minimum absolute atomic E-state index is 0.0780. The van der Waals surface area contributed by atoms with E-state index in [0.29, 0.717) is 52.2 Å². The van der Waals surface area contributed by atoms with Crippen LogP contribution in [-0.4, -0.2) is 97.6 Å². The molecule has 46 heavy (non-hydrogen) atoms. The summed E-state index contributed by atoms with van der Waals surface area (Å²) in [5.74, 6) is -0.331. The second-order valence-electron chi connectivity index (χ2n) is 13.1. The van der Waals surface area contributed by atoms with Crippen LogP contribution in [0.5, 0.6) is 0 Å². The molecule has 0 aliphatic rings. The molecule has 0 aromatic heterocycles. The Morgan fingerprint density at radius 2 is 0.717 bits per heavy atom. The van der Waals surface area contributed by atoms with E-state index in [1.807, 2.05) is 0 Å². The molecule has 0 aliphatic heterocycles. The van der Waals surface area contributed by atoms with Crippen molar-refractivity contribution < 1.29 is 29.3 Å². The minimum Gasteiger partial charge on any atom is -0.466 e. The largest absolute Gasteiger partial charge is 0.466 e. The summed E-state index contributed by atoms with van der Waals surface area (Å²) < 4.78 is 11.0. The molecule has 0 bridgehead atoms. The van der Waals surface area contributed by atoms with Gasteiger partial charge in [-0.15, -0.1) is 0 Å². The van der Waals surface area contributed by atoms with Crippen molar-refractivity contribution in [3.05, 3.63) is 0 Å². The average Bonchev–Trinajstić information content (AvgIpc) is 3.05.